The molecule has 0 saturated carbocycles. The summed E-state index contributed by atoms with van der Waals surface area (Å²) in [5, 5.41) is 2.80. The Bertz CT molecular complexity index is 938. The summed E-state index contributed by atoms with van der Waals surface area (Å²) in [6, 6.07) is 15.2. The number of nitrogens with one attached hydrogen (secondary N) is 1. The van der Waals surface area contributed by atoms with Crippen molar-refractivity contribution in [2.24, 2.45) is 5.92 Å². The highest BCUT2D eigenvalue weighted by molar-refractivity contribution is 6.00. The van der Waals surface area contributed by atoms with E-state index in [2.05, 4.69) is 5.32 Å². The van der Waals surface area contributed by atoms with E-state index >= 15 is 0 Å². The van der Waals surface area contributed by atoms with E-state index < -0.39 is 17.8 Å². The topological polar surface area (TPSA) is 75.7 Å². The number of nitrogens with zero attached hydrogens (tertiary/aromatic N) is 1. The third kappa shape index (κ3) is 4.87. The largest absolute Gasteiger partial charge is 0.455 e. The maximum Gasteiger partial charge on any atom is 0.311 e. The third-order valence-corrected chi connectivity index (χ3v) is 5.32. The van der Waals surface area contributed by atoms with Gasteiger partial charge in [0.05, 0.1) is 5.92 Å². The number of rotatable bonds is 7. The fourth-order valence-electron chi connectivity index (χ4n) is 3.73. The van der Waals surface area contributed by atoms with Crippen LogP contribution in [0.5, 0.6) is 0 Å². The highest BCUT2D eigenvalue weighted by Crippen LogP contribution is 2.29. The number of carbonyl (C=O) groups excluding carboxylic acids is 3. The fourth-order valence-corrected chi connectivity index (χ4v) is 3.73. The zero-order valence-electron chi connectivity index (χ0n) is 17.7. The van der Waals surface area contributed by atoms with Crippen LogP contribution in [-0.4, -0.2) is 30.9 Å². The lowest BCUT2D eigenvalue weighted by Gasteiger charge is -2.19. The van der Waals surface area contributed by atoms with E-state index in [1.165, 1.54) is 0 Å². The van der Waals surface area contributed by atoms with E-state index in [4.69, 9.17) is 4.74 Å². The highest BCUT2D eigenvalue weighted by atomic mass is 16.5. The predicted octanol–water partition coefficient (Wildman–Crippen LogP) is 3.91. The second kappa shape index (κ2) is 9.57. The van der Waals surface area contributed by atoms with Crippen LogP contribution in [0.1, 0.15) is 44.2 Å². The molecule has 1 heterocycles. The van der Waals surface area contributed by atoms with Gasteiger partial charge >= 0.3 is 5.97 Å². The molecule has 3 rings (SSSR count). The molecule has 2 aromatic rings. The van der Waals surface area contributed by atoms with E-state index in [-0.39, 0.29) is 31.4 Å². The number of ether oxygens (including phenoxy) is 1. The molecule has 158 valence electrons. The number of carbonyl (C=O) groups is 3. The minimum atomic E-state index is -0.571. The standard InChI is InChI=1S/C24H28N2O4/c1-4-17-9-5-8-12-21(17)26-14-18(13-23(26)28)24(29)30-15-22(27)25-20-11-7-6-10-19(20)16(2)3/h5-12,16,18H,4,13-15H2,1-3H3,(H,25,27)/t18-/m1/s1. The number of para-hydroxylation sites is 2. The summed E-state index contributed by atoms with van der Waals surface area (Å²) in [5.41, 5.74) is 3.63. The molecular formula is C24H28N2O4. The van der Waals surface area contributed by atoms with Crippen LogP contribution in [0.3, 0.4) is 0 Å². The smallest absolute Gasteiger partial charge is 0.311 e. The molecule has 2 amide bonds. The number of hydrogen-bond acceptors (Lipinski definition) is 4. The normalized spacial score (nSPS) is 16.1. The van der Waals surface area contributed by atoms with Crippen LogP contribution >= 0.6 is 0 Å². The van der Waals surface area contributed by atoms with Crippen molar-refractivity contribution in [1.29, 1.82) is 0 Å². The fraction of sp³-hybridized carbons (Fsp3) is 0.375. The van der Waals surface area contributed by atoms with Crippen molar-refractivity contribution < 1.29 is 19.1 Å². The van der Waals surface area contributed by atoms with Crippen LogP contribution in [-0.2, 0) is 25.5 Å². The molecule has 6 nitrogen and oxygen atoms in total. The zero-order chi connectivity index (χ0) is 21.7. The molecule has 0 radical (unpaired) electrons. The lowest BCUT2D eigenvalue weighted by atomic mass is 10.0. The van der Waals surface area contributed by atoms with Gasteiger partial charge in [0.25, 0.3) is 5.91 Å². The van der Waals surface area contributed by atoms with Crippen molar-refractivity contribution in [1.82, 2.24) is 0 Å². The number of benzene rings is 2. The van der Waals surface area contributed by atoms with Crippen molar-refractivity contribution in [3.63, 3.8) is 0 Å². The SMILES string of the molecule is CCc1ccccc1N1C[C@H](C(=O)OCC(=O)Nc2ccccc2C(C)C)CC1=O. The summed E-state index contributed by atoms with van der Waals surface area (Å²) in [6.07, 6.45) is 0.891. The van der Waals surface area contributed by atoms with Crippen molar-refractivity contribution in [2.45, 2.75) is 39.5 Å². The summed E-state index contributed by atoms with van der Waals surface area (Å²) in [4.78, 5) is 38.9. The van der Waals surface area contributed by atoms with Crippen LogP contribution in [0.25, 0.3) is 0 Å². The summed E-state index contributed by atoms with van der Waals surface area (Å²) in [5.74, 6) is -1.34. The molecule has 30 heavy (non-hydrogen) atoms. The van der Waals surface area contributed by atoms with Gasteiger partial charge in [-0.15, -0.1) is 0 Å². The molecule has 1 aliphatic rings. The second-order valence-electron chi connectivity index (χ2n) is 7.79. The molecule has 1 atom stereocenters. The van der Waals surface area contributed by atoms with Gasteiger partial charge in [-0.25, -0.2) is 0 Å². The molecular weight excluding hydrogens is 380 g/mol. The lowest BCUT2D eigenvalue weighted by molar-refractivity contribution is -0.151. The van der Waals surface area contributed by atoms with E-state index in [9.17, 15) is 14.4 Å². The molecule has 6 heteroatoms. The van der Waals surface area contributed by atoms with Gasteiger partial charge in [0.1, 0.15) is 0 Å². The average Bonchev–Trinajstić information content (AvgIpc) is 3.13. The van der Waals surface area contributed by atoms with Crippen molar-refractivity contribution in [3.05, 3.63) is 59.7 Å². The van der Waals surface area contributed by atoms with Crippen molar-refractivity contribution in [3.8, 4) is 0 Å². The van der Waals surface area contributed by atoms with Crippen LogP contribution in [0.2, 0.25) is 0 Å². The molecule has 2 aromatic carbocycles. The molecule has 1 N–H and O–H groups in total. The highest BCUT2D eigenvalue weighted by Gasteiger charge is 2.37. The predicted molar refractivity (Wildman–Crippen MR) is 116 cm³/mol. The Morgan fingerprint density at radius 2 is 1.83 bits per heavy atom. The molecule has 0 unspecified atom stereocenters. The molecule has 1 fully saturated rings. The van der Waals surface area contributed by atoms with Gasteiger partial charge in [-0.05, 0) is 35.6 Å². The van der Waals surface area contributed by atoms with Crippen molar-refractivity contribution in [2.75, 3.05) is 23.4 Å². The Labute approximate surface area is 177 Å². The Balaban J connectivity index is 1.57. The lowest BCUT2D eigenvalue weighted by Crippen LogP contribution is -2.28. The number of aryl methyl sites for hydroxylation is 1. The first-order valence-corrected chi connectivity index (χ1v) is 10.3. The number of hydrogen-bond donors (Lipinski definition) is 1. The first-order chi connectivity index (χ1) is 14.4. The number of anilines is 2. The summed E-state index contributed by atoms with van der Waals surface area (Å²) in [6.45, 7) is 6.02. The van der Waals surface area contributed by atoms with Gasteiger partial charge in [-0.1, -0.05) is 57.2 Å². The van der Waals surface area contributed by atoms with Crippen LogP contribution in [0.15, 0.2) is 48.5 Å². The second-order valence-corrected chi connectivity index (χ2v) is 7.79. The van der Waals surface area contributed by atoms with Gasteiger partial charge < -0.3 is 15.0 Å². The van der Waals surface area contributed by atoms with Crippen LogP contribution in [0, 0.1) is 5.92 Å². The summed E-state index contributed by atoms with van der Waals surface area (Å²) >= 11 is 0. The van der Waals surface area contributed by atoms with Crippen LogP contribution in [0.4, 0.5) is 11.4 Å². The van der Waals surface area contributed by atoms with Gasteiger partial charge in [0, 0.05) is 24.3 Å². The Hall–Kier alpha value is -3.15. The van der Waals surface area contributed by atoms with Gasteiger partial charge in [-0.2, -0.15) is 0 Å². The minimum Gasteiger partial charge on any atom is -0.455 e. The molecule has 0 aliphatic carbocycles. The third-order valence-electron chi connectivity index (χ3n) is 5.32. The van der Waals surface area contributed by atoms with E-state index in [0.717, 1.165) is 23.2 Å². The summed E-state index contributed by atoms with van der Waals surface area (Å²) < 4.78 is 5.22. The van der Waals surface area contributed by atoms with Crippen molar-refractivity contribution >= 4 is 29.2 Å². The molecule has 1 aliphatic heterocycles. The van der Waals surface area contributed by atoms with Crippen LogP contribution < -0.4 is 10.2 Å². The van der Waals surface area contributed by atoms with Gasteiger partial charge in [-0.3, -0.25) is 14.4 Å². The zero-order valence-corrected chi connectivity index (χ0v) is 17.7. The Kier molecular flexibility index (Phi) is 6.87. The molecule has 1 saturated heterocycles. The number of amides is 2. The average molecular weight is 408 g/mol. The monoisotopic (exact) mass is 408 g/mol. The Morgan fingerprint density at radius 3 is 2.57 bits per heavy atom. The maximum atomic E-state index is 12.5. The maximum absolute atomic E-state index is 12.5. The minimum absolute atomic E-state index is 0.0919. The quantitative estimate of drug-likeness (QED) is 0.705. The van der Waals surface area contributed by atoms with E-state index in [1.54, 1.807) is 4.90 Å². The molecule has 0 spiro atoms. The first-order valence-electron chi connectivity index (χ1n) is 10.3. The van der Waals surface area contributed by atoms with Gasteiger partial charge in [0.2, 0.25) is 5.91 Å². The van der Waals surface area contributed by atoms with E-state index in [0.29, 0.717) is 5.69 Å². The molecule has 0 bridgehead atoms. The first kappa shape index (κ1) is 21.6. The number of esters is 1. The Morgan fingerprint density at radius 1 is 1.13 bits per heavy atom. The summed E-state index contributed by atoms with van der Waals surface area (Å²) in [7, 11) is 0. The van der Waals surface area contributed by atoms with E-state index in [1.807, 2.05) is 69.3 Å². The van der Waals surface area contributed by atoms with Gasteiger partial charge in [0.15, 0.2) is 6.61 Å². The molecule has 0 aromatic heterocycles.